The minimum absolute atomic E-state index is 0.0359. The summed E-state index contributed by atoms with van der Waals surface area (Å²) in [6.07, 6.45) is 12.2. The van der Waals surface area contributed by atoms with E-state index in [0.717, 1.165) is 25.7 Å². The highest BCUT2D eigenvalue weighted by Crippen LogP contribution is 2.19. The first kappa shape index (κ1) is 13.9. The van der Waals surface area contributed by atoms with E-state index in [1.807, 2.05) is 0 Å². The van der Waals surface area contributed by atoms with E-state index in [2.05, 4.69) is 4.99 Å². The molecule has 0 unspecified atom stereocenters. The van der Waals surface area contributed by atoms with Crippen LogP contribution in [0.4, 0.5) is 0 Å². The third-order valence-electron chi connectivity index (χ3n) is 3.32. The largest absolute Gasteiger partial charge is 0.393 e. The molecule has 2 fully saturated rings. The summed E-state index contributed by atoms with van der Waals surface area (Å²) in [5.74, 6) is 4.74. The third-order valence-corrected chi connectivity index (χ3v) is 3.32. The zero-order valence-corrected chi connectivity index (χ0v) is 10.1. The molecule has 16 heavy (non-hydrogen) atoms. The Hall–Kier alpha value is -0.160. The van der Waals surface area contributed by atoms with Gasteiger partial charge in [0, 0.05) is 0 Å². The Morgan fingerprint density at radius 2 is 1.31 bits per heavy atom. The van der Waals surface area contributed by atoms with Gasteiger partial charge in [0.2, 0.25) is 0 Å². The van der Waals surface area contributed by atoms with Crippen LogP contribution in [-0.4, -0.2) is 17.3 Å². The molecule has 4 nitrogen and oxygen atoms in total. The Bertz CT molecular complexity index is 152. The van der Waals surface area contributed by atoms with Crippen LogP contribution in [0.2, 0.25) is 0 Å². The molecule has 2 rings (SSSR count). The molecule has 2 aliphatic rings. The van der Waals surface area contributed by atoms with E-state index in [1.165, 1.54) is 38.5 Å². The summed E-state index contributed by atoms with van der Waals surface area (Å²) in [6, 6.07) is 0. The van der Waals surface area contributed by atoms with Gasteiger partial charge in [-0.1, -0.05) is 38.5 Å². The van der Waals surface area contributed by atoms with Crippen LogP contribution < -0.4 is 5.90 Å². The van der Waals surface area contributed by atoms with Crippen LogP contribution in [0.3, 0.4) is 0 Å². The fourth-order valence-electron chi connectivity index (χ4n) is 2.32. The highest BCUT2D eigenvalue weighted by Gasteiger charge is 2.13. The fourth-order valence-corrected chi connectivity index (χ4v) is 2.32. The highest BCUT2D eigenvalue weighted by molar-refractivity contribution is 4.63. The maximum atomic E-state index is 8.91. The van der Waals surface area contributed by atoms with Gasteiger partial charge in [-0.25, -0.2) is 4.89 Å². The molecule has 0 saturated heterocycles. The Kier molecular flexibility index (Phi) is 7.76. The minimum Gasteiger partial charge on any atom is -0.393 e. The SMILES string of the molecule is NOOC1CCCCC1.OC1CCCCC1. The van der Waals surface area contributed by atoms with E-state index in [-0.39, 0.29) is 12.2 Å². The van der Waals surface area contributed by atoms with E-state index in [1.54, 1.807) is 0 Å². The number of hydrogen-bond donors (Lipinski definition) is 2. The lowest BCUT2D eigenvalue weighted by atomic mass is 9.98. The van der Waals surface area contributed by atoms with Crippen molar-refractivity contribution in [1.82, 2.24) is 0 Å². The molecular formula is C12H25NO3. The predicted octanol–water partition coefficient (Wildman–Crippen LogP) is 2.45. The van der Waals surface area contributed by atoms with Gasteiger partial charge in [0.25, 0.3) is 0 Å². The molecule has 96 valence electrons. The molecule has 0 bridgehead atoms. The summed E-state index contributed by atoms with van der Waals surface area (Å²) in [7, 11) is 0. The van der Waals surface area contributed by atoms with Crippen molar-refractivity contribution in [3.05, 3.63) is 0 Å². The van der Waals surface area contributed by atoms with E-state index >= 15 is 0 Å². The van der Waals surface area contributed by atoms with Crippen LogP contribution in [0.1, 0.15) is 64.2 Å². The zero-order chi connectivity index (χ0) is 11.6. The van der Waals surface area contributed by atoms with Gasteiger partial charge >= 0.3 is 0 Å². The smallest absolute Gasteiger partial charge is 0.0949 e. The summed E-state index contributed by atoms with van der Waals surface area (Å²) < 4.78 is 0. The molecule has 3 N–H and O–H groups in total. The standard InChI is InChI=1S/C6H13NO2.C6H12O/c7-9-8-6-4-2-1-3-5-6;7-6-4-2-1-3-5-6/h6H,1-5,7H2;6-7H,1-5H2. The molecule has 2 saturated carbocycles. The molecule has 2 aliphatic carbocycles. The molecular weight excluding hydrogens is 206 g/mol. The highest BCUT2D eigenvalue weighted by atomic mass is 17.3. The van der Waals surface area contributed by atoms with Crippen LogP contribution in [0.25, 0.3) is 0 Å². The van der Waals surface area contributed by atoms with Crippen molar-refractivity contribution in [3.8, 4) is 0 Å². The molecule has 0 spiro atoms. The molecule has 0 heterocycles. The van der Waals surface area contributed by atoms with Crippen molar-refractivity contribution in [2.75, 3.05) is 0 Å². The summed E-state index contributed by atoms with van der Waals surface area (Å²) in [5.41, 5.74) is 0. The van der Waals surface area contributed by atoms with E-state index < -0.39 is 0 Å². The number of hydrogen-bond acceptors (Lipinski definition) is 4. The van der Waals surface area contributed by atoms with Crippen LogP contribution in [0.15, 0.2) is 0 Å². The minimum atomic E-state index is 0.0359. The number of nitrogens with two attached hydrogens (primary N) is 1. The fraction of sp³-hybridized carbons (Fsp3) is 1.00. The van der Waals surface area contributed by atoms with Gasteiger partial charge in [-0.2, -0.15) is 5.90 Å². The van der Waals surface area contributed by atoms with Crippen LogP contribution in [0.5, 0.6) is 0 Å². The zero-order valence-electron chi connectivity index (χ0n) is 10.1. The number of aliphatic hydroxyl groups excluding tert-OH is 1. The normalized spacial score (nSPS) is 23.6. The van der Waals surface area contributed by atoms with Crippen molar-refractivity contribution in [1.29, 1.82) is 0 Å². The topological polar surface area (TPSA) is 64.7 Å². The van der Waals surface area contributed by atoms with Crippen LogP contribution in [0, 0.1) is 0 Å². The molecule has 0 aromatic carbocycles. The first-order valence-electron chi connectivity index (χ1n) is 6.53. The first-order chi connectivity index (χ1) is 7.83. The van der Waals surface area contributed by atoms with Crippen molar-refractivity contribution < 1.29 is 15.0 Å². The van der Waals surface area contributed by atoms with E-state index in [9.17, 15) is 0 Å². The first-order valence-corrected chi connectivity index (χ1v) is 6.53. The lowest BCUT2D eigenvalue weighted by Gasteiger charge is -2.18. The van der Waals surface area contributed by atoms with Crippen LogP contribution in [-0.2, 0) is 9.88 Å². The third kappa shape index (κ3) is 6.43. The van der Waals surface area contributed by atoms with Gasteiger partial charge in [-0.3, -0.25) is 0 Å². The number of aliphatic hydroxyl groups is 1. The molecule has 0 radical (unpaired) electrons. The van der Waals surface area contributed by atoms with Gasteiger partial charge in [-0.15, -0.1) is 4.99 Å². The Morgan fingerprint density at radius 3 is 1.69 bits per heavy atom. The summed E-state index contributed by atoms with van der Waals surface area (Å²) in [5, 5.41) is 8.91. The van der Waals surface area contributed by atoms with Gasteiger partial charge in [-0.05, 0) is 25.7 Å². The molecule has 0 aromatic heterocycles. The van der Waals surface area contributed by atoms with Crippen LogP contribution >= 0.6 is 0 Å². The second kappa shape index (κ2) is 8.93. The average molecular weight is 231 g/mol. The van der Waals surface area contributed by atoms with E-state index in [0.29, 0.717) is 0 Å². The second-order valence-electron chi connectivity index (χ2n) is 4.74. The summed E-state index contributed by atoms with van der Waals surface area (Å²) >= 11 is 0. The molecule has 0 amide bonds. The predicted molar refractivity (Wildman–Crippen MR) is 62.3 cm³/mol. The average Bonchev–Trinajstić information content (AvgIpc) is 2.33. The summed E-state index contributed by atoms with van der Waals surface area (Å²) in [4.78, 5) is 8.84. The van der Waals surface area contributed by atoms with E-state index in [4.69, 9.17) is 15.9 Å². The lowest BCUT2D eigenvalue weighted by molar-refractivity contribution is -0.333. The summed E-state index contributed by atoms with van der Waals surface area (Å²) in [6.45, 7) is 0. The molecule has 0 atom stereocenters. The Labute approximate surface area is 98.0 Å². The molecule has 0 aliphatic heterocycles. The maximum absolute atomic E-state index is 8.91. The monoisotopic (exact) mass is 231 g/mol. The van der Waals surface area contributed by atoms with Crippen molar-refractivity contribution in [3.63, 3.8) is 0 Å². The van der Waals surface area contributed by atoms with Gasteiger partial charge < -0.3 is 5.11 Å². The van der Waals surface area contributed by atoms with Crippen molar-refractivity contribution >= 4 is 0 Å². The van der Waals surface area contributed by atoms with Crippen molar-refractivity contribution in [2.45, 2.75) is 76.4 Å². The maximum Gasteiger partial charge on any atom is 0.0949 e. The molecule has 0 aromatic rings. The quantitative estimate of drug-likeness (QED) is 0.566. The Morgan fingerprint density at radius 1 is 0.812 bits per heavy atom. The lowest BCUT2D eigenvalue weighted by Crippen LogP contribution is -2.18. The van der Waals surface area contributed by atoms with Gasteiger partial charge in [0.05, 0.1) is 12.2 Å². The van der Waals surface area contributed by atoms with Gasteiger partial charge in [0.15, 0.2) is 0 Å². The molecule has 4 heteroatoms. The van der Waals surface area contributed by atoms with Gasteiger partial charge in [0.1, 0.15) is 0 Å². The second-order valence-corrected chi connectivity index (χ2v) is 4.74. The number of rotatable bonds is 2. The van der Waals surface area contributed by atoms with Crippen molar-refractivity contribution in [2.24, 2.45) is 5.90 Å². The Balaban J connectivity index is 0.000000165.